The van der Waals surface area contributed by atoms with Crippen LogP contribution < -0.4 is 0 Å². The van der Waals surface area contributed by atoms with Crippen LogP contribution in [0.2, 0.25) is 0 Å². The lowest BCUT2D eigenvalue weighted by atomic mass is 10.3. The zero-order valence-electron chi connectivity index (χ0n) is 6.83. The molecule has 3 heteroatoms. The van der Waals surface area contributed by atoms with Gasteiger partial charge in [-0.15, -0.1) is 0 Å². The van der Waals surface area contributed by atoms with E-state index in [4.69, 9.17) is 10.7 Å². The van der Waals surface area contributed by atoms with Crippen LogP contribution in [0, 0.1) is 0 Å². The summed E-state index contributed by atoms with van der Waals surface area (Å²) < 4.78 is 0. The first-order valence-electron chi connectivity index (χ1n) is 3.90. The van der Waals surface area contributed by atoms with E-state index < -0.39 is 9.24 Å². The summed E-state index contributed by atoms with van der Waals surface area (Å²) in [4.78, 5) is 5.52. The number of hydrogen-bond donors (Lipinski definition) is 0. The fourth-order valence-corrected chi connectivity index (χ4v) is 3.42. The Morgan fingerprint density at radius 1 is 1.42 bits per heavy atom. The predicted octanol–water partition coefficient (Wildman–Crippen LogP) is 3.70. The fourth-order valence-electron chi connectivity index (χ4n) is 1.28. The van der Waals surface area contributed by atoms with Crippen molar-refractivity contribution in [1.82, 2.24) is 0 Å². The largest absolute Gasteiger partial charge is 0.249 e. The van der Waals surface area contributed by atoms with Crippen molar-refractivity contribution < 1.29 is 0 Å². The molecule has 1 aromatic carbocycles. The van der Waals surface area contributed by atoms with E-state index in [2.05, 4.69) is 18.0 Å². The Morgan fingerprint density at radius 3 is 2.92 bits per heavy atom. The molecular weight excluding hydrogens is 190 g/mol. The highest BCUT2D eigenvalue weighted by Crippen LogP contribution is 2.64. The summed E-state index contributed by atoms with van der Waals surface area (Å²) in [6, 6.07) is 8.11. The van der Waals surface area contributed by atoms with Crippen LogP contribution in [0.3, 0.4) is 0 Å². The molecule has 12 heavy (non-hydrogen) atoms. The lowest BCUT2D eigenvalue weighted by Gasteiger charge is -2.22. The Hall–Kier alpha value is -0.470. The molecule has 0 bridgehead atoms. The van der Waals surface area contributed by atoms with Crippen molar-refractivity contribution in [1.29, 1.82) is 0 Å². The fraction of sp³-hybridized carbons (Fsp3) is 0.222. The molecule has 1 atom stereocenters. The van der Waals surface area contributed by atoms with Crippen LogP contribution in [0.1, 0.15) is 6.92 Å². The Balaban J connectivity index is 2.56. The van der Waals surface area contributed by atoms with Crippen molar-refractivity contribution in [2.75, 3.05) is 5.75 Å². The van der Waals surface area contributed by atoms with Gasteiger partial charge in [0.1, 0.15) is 0 Å². The van der Waals surface area contributed by atoms with Gasteiger partial charge in [-0.25, -0.2) is 4.99 Å². The number of benzene rings is 1. The minimum Gasteiger partial charge on any atom is -0.249 e. The van der Waals surface area contributed by atoms with Crippen molar-refractivity contribution in [3.63, 3.8) is 0 Å². The maximum absolute atomic E-state index is 6.42. The van der Waals surface area contributed by atoms with Crippen molar-refractivity contribution in [3.8, 4) is 0 Å². The number of halogens is 1. The van der Waals surface area contributed by atoms with Gasteiger partial charge in [-0.2, -0.15) is 0 Å². The standard InChI is InChI=1S/C9H10ClNS/c1-2-12(10)7-11-8-5-3-4-6-9(8)12/h3-7H,2H2,1H3. The SMILES string of the molecule is CCS1(Cl)C=Nc2ccccc21. The van der Waals surface area contributed by atoms with E-state index in [0.29, 0.717) is 0 Å². The van der Waals surface area contributed by atoms with Gasteiger partial charge >= 0.3 is 0 Å². The first-order chi connectivity index (χ1) is 5.76. The molecule has 1 aliphatic rings. The summed E-state index contributed by atoms with van der Waals surface area (Å²) in [6.07, 6.45) is 0. The summed E-state index contributed by atoms with van der Waals surface area (Å²) in [5.41, 5.74) is 2.96. The predicted molar refractivity (Wildman–Crippen MR) is 56.8 cm³/mol. The third-order valence-corrected chi connectivity index (χ3v) is 5.76. The molecule has 0 radical (unpaired) electrons. The number of aliphatic imine (C=N–C) groups is 1. The second-order valence-corrected chi connectivity index (χ2v) is 6.98. The summed E-state index contributed by atoms with van der Waals surface area (Å²) in [6.45, 7) is 2.11. The lowest BCUT2D eigenvalue weighted by Crippen LogP contribution is -1.91. The van der Waals surface area contributed by atoms with Gasteiger partial charge in [0, 0.05) is 4.90 Å². The molecule has 0 aliphatic carbocycles. The molecular formula is C9H10ClNS. The molecule has 1 nitrogen and oxygen atoms in total. The summed E-state index contributed by atoms with van der Waals surface area (Å²) in [7, 11) is 5.20. The molecule has 0 saturated carbocycles. The second kappa shape index (κ2) is 2.79. The van der Waals surface area contributed by atoms with Gasteiger partial charge in [0.15, 0.2) is 0 Å². The van der Waals surface area contributed by atoms with Gasteiger partial charge in [0.2, 0.25) is 0 Å². The average molecular weight is 200 g/mol. The van der Waals surface area contributed by atoms with E-state index in [0.717, 1.165) is 11.4 Å². The molecule has 0 aromatic heterocycles. The van der Waals surface area contributed by atoms with Crippen molar-refractivity contribution in [3.05, 3.63) is 24.3 Å². The number of hydrogen-bond acceptors (Lipinski definition) is 1. The van der Waals surface area contributed by atoms with Crippen molar-refractivity contribution in [2.24, 2.45) is 4.99 Å². The highest BCUT2D eigenvalue weighted by atomic mass is 35.7. The molecule has 0 amide bonds. The molecule has 0 saturated heterocycles. The number of para-hydroxylation sites is 1. The third-order valence-electron chi connectivity index (χ3n) is 2.01. The molecule has 1 heterocycles. The molecule has 1 aliphatic heterocycles. The van der Waals surface area contributed by atoms with Crippen LogP contribution >= 0.6 is 19.9 Å². The maximum Gasteiger partial charge on any atom is 0.0770 e. The minimum absolute atomic E-state index is 0.967. The summed E-state index contributed by atoms with van der Waals surface area (Å²) in [5.74, 6) is 0.967. The topological polar surface area (TPSA) is 12.4 Å². The average Bonchev–Trinajstić information content (AvgIpc) is 2.46. The van der Waals surface area contributed by atoms with Crippen LogP contribution in [-0.2, 0) is 0 Å². The Morgan fingerprint density at radius 2 is 2.17 bits per heavy atom. The van der Waals surface area contributed by atoms with Gasteiger partial charge in [0.05, 0.1) is 11.2 Å². The number of nitrogens with zero attached hydrogens (tertiary/aromatic N) is 1. The molecule has 0 spiro atoms. The minimum atomic E-state index is -1.22. The highest BCUT2D eigenvalue weighted by Gasteiger charge is 2.26. The zero-order chi connectivity index (χ0) is 8.60. The molecule has 0 fully saturated rings. The van der Waals surface area contributed by atoms with Gasteiger partial charge in [-0.1, -0.05) is 39.0 Å². The molecule has 0 N–H and O–H groups in total. The van der Waals surface area contributed by atoms with Crippen molar-refractivity contribution in [2.45, 2.75) is 11.8 Å². The first-order valence-corrected chi connectivity index (χ1v) is 6.59. The second-order valence-electron chi connectivity index (χ2n) is 2.70. The molecule has 1 unspecified atom stereocenters. The van der Waals surface area contributed by atoms with Crippen LogP contribution in [-0.4, -0.2) is 11.3 Å². The third kappa shape index (κ3) is 1.06. The van der Waals surface area contributed by atoms with E-state index in [1.54, 1.807) is 0 Å². The zero-order valence-corrected chi connectivity index (χ0v) is 8.40. The molecule has 2 rings (SSSR count). The quantitative estimate of drug-likeness (QED) is 0.654. The van der Waals surface area contributed by atoms with E-state index in [1.165, 1.54) is 4.90 Å². The molecule has 1 aromatic rings. The van der Waals surface area contributed by atoms with E-state index in [-0.39, 0.29) is 0 Å². The number of rotatable bonds is 1. The van der Waals surface area contributed by atoms with Crippen LogP contribution in [0.25, 0.3) is 0 Å². The number of fused-ring (bicyclic) bond motifs is 1. The van der Waals surface area contributed by atoms with E-state index >= 15 is 0 Å². The summed E-state index contributed by atoms with van der Waals surface area (Å²) >= 11 is 0. The Bertz CT molecular complexity index is 337. The maximum atomic E-state index is 6.42. The van der Waals surface area contributed by atoms with Gasteiger partial charge in [0.25, 0.3) is 0 Å². The Kier molecular flexibility index (Phi) is 1.89. The van der Waals surface area contributed by atoms with Crippen LogP contribution in [0.15, 0.2) is 34.2 Å². The van der Waals surface area contributed by atoms with E-state index in [1.807, 2.05) is 23.7 Å². The Labute approximate surface area is 78.3 Å². The lowest BCUT2D eigenvalue weighted by molar-refractivity contribution is 1.39. The first kappa shape index (κ1) is 8.14. The smallest absolute Gasteiger partial charge is 0.0770 e. The van der Waals surface area contributed by atoms with Crippen molar-refractivity contribution >= 4 is 31.2 Å². The monoisotopic (exact) mass is 199 g/mol. The summed E-state index contributed by atoms with van der Waals surface area (Å²) in [5, 5.41) is 0. The van der Waals surface area contributed by atoms with Gasteiger partial charge < -0.3 is 0 Å². The van der Waals surface area contributed by atoms with Gasteiger partial charge in [-0.3, -0.25) is 0 Å². The highest BCUT2D eigenvalue weighted by molar-refractivity contribution is 8.60. The molecule has 64 valence electrons. The van der Waals surface area contributed by atoms with Crippen LogP contribution in [0.5, 0.6) is 0 Å². The van der Waals surface area contributed by atoms with Gasteiger partial charge in [-0.05, 0) is 17.9 Å². The van der Waals surface area contributed by atoms with E-state index in [9.17, 15) is 0 Å². The van der Waals surface area contributed by atoms with Crippen LogP contribution in [0.4, 0.5) is 5.69 Å². The normalized spacial score (nSPS) is 31.2.